The molecule has 1 spiro atoms. The summed E-state index contributed by atoms with van der Waals surface area (Å²) in [5.74, 6) is -0.858. The molecule has 1 aromatic rings. The van der Waals surface area contributed by atoms with Crippen LogP contribution >= 0.6 is 11.6 Å². The van der Waals surface area contributed by atoms with E-state index in [1.807, 2.05) is 0 Å². The van der Waals surface area contributed by atoms with E-state index in [2.05, 4.69) is 16.0 Å². The molecule has 1 aliphatic heterocycles. The molecule has 3 N–H and O–H groups in total. The van der Waals surface area contributed by atoms with Gasteiger partial charge in [-0.25, -0.2) is 4.79 Å². The highest BCUT2D eigenvalue weighted by Crippen LogP contribution is 2.35. The van der Waals surface area contributed by atoms with Gasteiger partial charge in [-0.15, -0.1) is 0 Å². The fourth-order valence-electron chi connectivity index (χ4n) is 3.80. The van der Waals surface area contributed by atoms with Gasteiger partial charge in [0.05, 0.1) is 6.54 Å². The first kappa shape index (κ1) is 21.1. The van der Waals surface area contributed by atoms with Crippen LogP contribution in [0.1, 0.15) is 44.1 Å². The molecular weight excluding hydrogens is 396 g/mol. The Labute approximate surface area is 174 Å². The van der Waals surface area contributed by atoms with Crippen molar-refractivity contribution in [2.75, 3.05) is 18.4 Å². The van der Waals surface area contributed by atoms with Gasteiger partial charge in [-0.2, -0.15) is 0 Å². The minimum Gasteiger partial charge on any atom is -0.347 e. The van der Waals surface area contributed by atoms with Crippen LogP contribution in [0.4, 0.5) is 10.5 Å². The maximum absolute atomic E-state index is 12.5. The first-order valence-corrected chi connectivity index (χ1v) is 10.2. The lowest BCUT2D eigenvalue weighted by molar-refractivity contribution is -0.131. The molecular formula is C20H25ClN4O4. The summed E-state index contributed by atoms with van der Waals surface area (Å²) in [6.45, 7) is 1.81. The summed E-state index contributed by atoms with van der Waals surface area (Å²) in [6.07, 6.45) is 3.67. The summed E-state index contributed by atoms with van der Waals surface area (Å²) in [6, 6.07) is 4.81. The van der Waals surface area contributed by atoms with Crippen LogP contribution in [0.5, 0.6) is 0 Å². The number of carbonyl (C=O) groups excluding carboxylic acids is 4. The number of hydrogen-bond acceptors (Lipinski definition) is 4. The van der Waals surface area contributed by atoms with E-state index in [0.29, 0.717) is 30.0 Å². The Bertz CT molecular complexity index is 836. The molecule has 9 heteroatoms. The zero-order chi connectivity index (χ0) is 21.0. The Morgan fingerprint density at radius 1 is 1.21 bits per heavy atom. The fraction of sp³-hybridized carbons (Fsp3) is 0.500. The number of nitrogens with one attached hydrogen (secondary N) is 3. The predicted octanol–water partition coefficient (Wildman–Crippen LogP) is 2.35. The summed E-state index contributed by atoms with van der Waals surface area (Å²) in [7, 11) is 0. The molecule has 1 saturated heterocycles. The monoisotopic (exact) mass is 420 g/mol. The molecule has 2 aliphatic rings. The number of hydrogen-bond donors (Lipinski definition) is 3. The van der Waals surface area contributed by atoms with E-state index in [0.717, 1.165) is 18.4 Å². The summed E-state index contributed by atoms with van der Waals surface area (Å²) < 4.78 is 0. The number of halogens is 1. The van der Waals surface area contributed by atoms with Crippen LogP contribution in [0.15, 0.2) is 18.2 Å². The first-order valence-electron chi connectivity index (χ1n) is 9.78. The third-order valence-electron chi connectivity index (χ3n) is 5.48. The predicted molar refractivity (Wildman–Crippen MR) is 109 cm³/mol. The van der Waals surface area contributed by atoms with Gasteiger partial charge >= 0.3 is 6.03 Å². The quantitative estimate of drug-likeness (QED) is 0.588. The van der Waals surface area contributed by atoms with Gasteiger partial charge in [0, 0.05) is 23.7 Å². The van der Waals surface area contributed by atoms with Crippen LogP contribution < -0.4 is 16.0 Å². The van der Waals surface area contributed by atoms with E-state index in [9.17, 15) is 19.2 Å². The number of rotatable bonds is 7. The van der Waals surface area contributed by atoms with Gasteiger partial charge in [-0.3, -0.25) is 19.3 Å². The molecule has 1 heterocycles. The summed E-state index contributed by atoms with van der Waals surface area (Å²) in [5, 5.41) is 8.61. The topological polar surface area (TPSA) is 108 Å². The minimum atomic E-state index is -0.726. The van der Waals surface area contributed by atoms with Crippen LogP contribution in [-0.2, 0) is 14.4 Å². The third kappa shape index (κ3) is 4.70. The highest BCUT2D eigenvalue weighted by atomic mass is 35.5. The van der Waals surface area contributed by atoms with Gasteiger partial charge in [0.15, 0.2) is 0 Å². The lowest BCUT2D eigenvalue weighted by Gasteiger charge is -2.19. The Kier molecular flexibility index (Phi) is 6.42. The number of benzene rings is 1. The summed E-state index contributed by atoms with van der Waals surface area (Å²) in [4.78, 5) is 49.8. The molecule has 0 radical (unpaired) electrons. The Balaban J connectivity index is 1.39. The van der Waals surface area contributed by atoms with Crippen LogP contribution in [0, 0.1) is 6.92 Å². The lowest BCUT2D eigenvalue weighted by atomic mass is 9.98. The van der Waals surface area contributed by atoms with Gasteiger partial charge in [-0.1, -0.05) is 30.5 Å². The van der Waals surface area contributed by atoms with Crippen molar-refractivity contribution in [2.24, 2.45) is 0 Å². The maximum Gasteiger partial charge on any atom is 0.325 e. The number of carbonyl (C=O) groups is 4. The van der Waals surface area contributed by atoms with Crippen molar-refractivity contribution in [1.82, 2.24) is 15.5 Å². The van der Waals surface area contributed by atoms with Crippen LogP contribution in [0.3, 0.4) is 0 Å². The van der Waals surface area contributed by atoms with Gasteiger partial charge in [0.25, 0.3) is 5.91 Å². The maximum atomic E-state index is 12.5. The summed E-state index contributed by atoms with van der Waals surface area (Å²) in [5.41, 5.74) is 0.620. The van der Waals surface area contributed by atoms with Crippen molar-refractivity contribution in [3.05, 3.63) is 28.8 Å². The van der Waals surface area contributed by atoms with Gasteiger partial charge < -0.3 is 16.0 Å². The Hall–Kier alpha value is -2.61. The van der Waals surface area contributed by atoms with Crippen LogP contribution in [-0.4, -0.2) is 47.3 Å². The molecule has 1 aromatic carbocycles. The van der Waals surface area contributed by atoms with E-state index < -0.39 is 5.54 Å². The van der Waals surface area contributed by atoms with E-state index in [4.69, 9.17) is 11.6 Å². The Morgan fingerprint density at radius 3 is 2.66 bits per heavy atom. The van der Waals surface area contributed by atoms with Gasteiger partial charge in [0.1, 0.15) is 5.54 Å². The molecule has 1 aliphatic carbocycles. The van der Waals surface area contributed by atoms with Crippen molar-refractivity contribution < 1.29 is 19.2 Å². The third-order valence-corrected chi connectivity index (χ3v) is 5.89. The van der Waals surface area contributed by atoms with E-state index in [1.54, 1.807) is 25.1 Å². The molecule has 0 bridgehead atoms. The van der Waals surface area contributed by atoms with Gasteiger partial charge in [0.2, 0.25) is 11.8 Å². The molecule has 156 valence electrons. The number of nitrogens with zero attached hydrogens (tertiary/aromatic N) is 1. The molecule has 8 nitrogen and oxygen atoms in total. The normalized spacial score (nSPS) is 17.5. The second kappa shape index (κ2) is 8.82. The van der Waals surface area contributed by atoms with Crippen molar-refractivity contribution in [1.29, 1.82) is 0 Å². The average Bonchev–Trinajstić information content (AvgIpc) is 3.24. The highest BCUT2D eigenvalue weighted by molar-refractivity contribution is 6.31. The molecule has 29 heavy (non-hydrogen) atoms. The minimum absolute atomic E-state index is 0.119. The average molecular weight is 421 g/mol. The number of urea groups is 1. The van der Waals surface area contributed by atoms with E-state index in [-0.39, 0.29) is 43.3 Å². The standard InChI is InChI=1S/C20H25ClN4O4/c1-13-14(21)6-4-7-15(13)23-17(27)12-22-16(26)8-5-11-25-18(28)20(24-19(25)29)9-2-3-10-20/h4,6-7H,2-3,5,8-12H2,1H3,(H,22,26)(H,23,27)(H,24,29). The largest absolute Gasteiger partial charge is 0.347 e. The van der Waals surface area contributed by atoms with Crippen molar-refractivity contribution in [3.63, 3.8) is 0 Å². The summed E-state index contributed by atoms with van der Waals surface area (Å²) >= 11 is 6.02. The second-order valence-electron chi connectivity index (χ2n) is 7.52. The van der Waals surface area contributed by atoms with Crippen LogP contribution in [0.2, 0.25) is 5.02 Å². The fourth-order valence-corrected chi connectivity index (χ4v) is 3.97. The van der Waals surface area contributed by atoms with E-state index >= 15 is 0 Å². The SMILES string of the molecule is Cc1c(Cl)cccc1NC(=O)CNC(=O)CCCN1C(=O)NC2(CCCC2)C1=O. The van der Waals surface area contributed by atoms with Crippen LogP contribution in [0.25, 0.3) is 0 Å². The first-order chi connectivity index (χ1) is 13.8. The second-order valence-corrected chi connectivity index (χ2v) is 7.92. The van der Waals surface area contributed by atoms with Crippen molar-refractivity contribution in [2.45, 2.75) is 51.0 Å². The molecule has 0 aromatic heterocycles. The van der Waals surface area contributed by atoms with E-state index in [1.165, 1.54) is 4.90 Å². The highest BCUT2D eigenvalue weighted by Gasteiger charge is 2.51. The number of imide groups is 1. The molecule has 1 saturated carbocycles. The smallest absolute Gasteiger partial charge is 0.325 e. The zero-order valence-electron chi connectivity index (χ0n) is 16.3. The molecule has 0 unspecified atom stereocenters. The molecule has 5 amide bonds. The van der Waals surface area contributed by atoms with Gasteiger partial charge in [-0.05, 0) is 43.9 Å². The molecule has 2 fully saturated rings. The zero-order valence-corrected chi connectivity index (χ0v) is 17.1. The Morgan fingerprint density at radius 2 is 1.93 bits per heavy atom. The van der Waals surface area contributed by atoms with Crippen molar-refractivity contribution >= 4 is 41.0 Å². The number of amides is 5. The van der Waals surface area contributed by atoms with Crippen molar-refractivity contribution in [3.8, 4) is 0 Å². The lowest BCUT2D eigenvalue weighted by Crippen LogP contribution is -2.44. The molecule has 3 rings (SSSR count). The molecule has 0 atom stereocenters. The number of anilines is 1.